The molecule has 1 heterocycles. The van der Waals surface area contributed by atoms with Crippen molar-refractivity contribution in [1.82, 2.24) is 5.32 Å². The number of carbonyl (C=O) groups is 1. The Morgan fingerprint density at radius 2 is 2.29 bits per heavy atom. The highest BCUT2D eigenvalue weighted by molar-refractivity contribution is 5.92. The highest BCUT2D eigenvalue weighted by atomic mass is 16.5. The van der Waals surface area contributed by atoms with E-state index in [1.807, 2.05) is 0 Å². The van der Waals surface area contributed by atoms with Crippen molar-refractivity contribution >= 4 is 5.91 Å². The zero-order valence-electron chi connectivity index (χ0n) is 7.40. The van der Waals surface area contributed by atoms with Gasteiger partial charge in [-0.15, -0.1) is 5.76 Å². The Balaban J connectivity index is 3.12. The lowest BCUT2D eigenvalue weighted by molar-refractivity contribution is -0.467. The molecule has 1 aliphatic rings. The van der Waals surface area contributed by atoms with E-state index in [4.69, 9.17) is 5.53 Å². The van der Waals surface area contributed by atoms with Crippen molar-refractivity contribution in [3.63, 3.8) is 0 Å². The first kappa shape index (κ1) is 9.97. The van der Waals surface area contributed by atoms with Crippen molar-refractivity contribution in [2.45, 2.75) is 6.92 Å². The van der Waals surface area contributed by atoms with Crippen LogP contribution in [0.1, 0.15) is 6.92 Å². The number of dihydropyridines is 1. The first-order valence-corrected chi connectivity index (χ1v) is 3.78. The Labute approximate surface area is 79.9 Å². The summed E-state index contributed by atoms with van der Waals surface area (Å²) >= 11 is 0. The van der Waals surface area contributed by atoms with Gasteiger partial charge in [0.25, 0.3) is 0 Å². The molecule has 1 rings (SSSR count). The lowest BCUT2D eigenvalue weighted by atomic mass is 10.1. The Hall–Kier alpha value is -2.11. The Kier molecular flexibility index (Phi) is 2.66. The van der Waals surface area contributed by atoms with Crippen LogP contribution < -0.4 is 10.4 Å². The summed E-state index contributed by atoms with van der Waals surface area (Å²) in [6.45, 7) is 1.27. The van der Waals surface area contributed by atoms with Crippen LogP contribution in [0, 0.1) is 10.7 Å². The fraction of sp³-hybridized carbons (Fsp3) is 0.125. The highest BCUT2D eigenvalue weighted by Crippen LogP contribution is 2.14. The van der Waals surface area contributed by atoms with Gasteiger partial charge in [0.15, 0.2) is 0 Å². The molecule has 0 fully saturated rings. The molecule has 74 valence electrons. The summed E-state index contributed by atoms with van der Waals surface area (Å²) < 4.78 is 0. The van der Waals surface area contributed by atoms with Gasteiger partial charge in [0.1, 0.15) is 5.57 Å². The van der Waals surface area contributed by atoms with Gasteiger partial charge >= 0.3 is 5.91 Å². The Morgan fingerprint density at radius 3 is 2.79 bits per heavy atom. The monoisotopic (exact) mass is 194 g/mol. The third kappa shape index (κ3) is 1.79. The van der Waals surface area contributed by atoms with Crippen LogP contribution in [-0.2, 0) is 4.79 Å². The fourth-order valence-electron chi connectivity index (χ4n) is 1.02. The summed E-state index contributed by atoms with van der Waals surface area (Å²) in [7, 11) is 0. The second-order valence-corrected chi connectivity index (χ2v) is 2.61. The summed E-state index contributed by atoms with van der Waals surface area (Å²) in [5.41, 5.74) is 6.50. The molecule has 0 saturated heterocycles. The molecule has 0 aromatic carbocycles. The topological polar surface area (TPSA) is 102 Å². The van der Waals surface area contributed by atoms with Crippen molar-refractivity contribution in [2.75, 3.05) is 0 Å². The van der Waals surface area contributed by atoms with Crippen molar-refractivity contribution in [3.8, 4) is 0 Å². The van der Waals surface area contributed by atoms with Gasteiger partial charge in [-0.3, -0.25) is 0 Å². The predicted octanol–water partition coefficient (Wildman–Crippen LogP) is -0.311. The number of allylic oxidation sites excluding steroid dienone is 3. The van der Waals surface area contributed by atoms with Crippen LogP contribution in [0.25, 0.3) is 0 Å². The zero-order valence-corrected chi connectivity index (χ0v) is 7.40. The smallest absolute Gasteiger partial charge is 0.457 e. The van der Waals surface area contributed by atoms with Crippen LogP contribution >= 0.6 is 0 Å². The van der Waals surface area contributed by atoms with Crippen molar-refractivity contribution in [2.24, 2.45) is 0 Å². The van der Waals surface area contributed by atoms with Gasteiger partial charge in [-0.1, -0.05) is 6.92 Å². The van der Waals surface area contributed by atoms with E-state index in [1.165, 1.54) is 25.3 Å². The van der Waals surface area contributed by atoms with Crippen LogP contribution in [0.3, 0.4) is 0 Å². The Bertz CT molecular complexity index is 375. The molecule has 1 aliphatic heterocycles. The van der Waals surface area contributed by atoms with E-state index in [2.05, 4.69) is 5.32 Å². The number of amides is 1. The highest BCUT2D eigenvalue weighted by Gasteiger charge is 2.23. The van der Waals surface area contributed by atoms with Gasteiger partial charge in [-0.25, -0.2) is 4.79 Å². The van der Waals surface area contributed by atoms with Crippen molar-refractivity contribution in [1.29, 1.82) is 5.53 Å². The molecule has 0 spiro atoms. The summed E-state index contributed by atoms with van der Waals surface area (Å²) in [6.07, 6.45) is 4.25. The normalized spacial score (nSPS) is 18.2. The lowest BCUT2D eigenvalue weighted by Gasteiger charge is -2.17. The number of rotatable bonds is 1. The molecule has 0 unspecified atom stereocenters. The largest absolute Gasteiger partial charge is 0.874 e. The summed E-state index contributed by atoms with van der Waals surface area (Å²) in [5, 5.41) is 24.0. The maximum Gasteiger partial charge on any atom is 0.457 e. The summed E-state index contributed by atoms with van der Waals surface area (Å²) in [5.74, 6) is -1.43. The molecular weight excluding hydrogens is 186 g/mol. The quantitative estimate of drug-likeness (QED) is 0.258. The number of hydrogen-bond acceptors (Lipinski definition) is 5. The van der Waals surface area contributed by atoms with E-state index in [-0.39, 0.29) is 17.0 Å². The van der Waals surface area contributed by atoms with E-state index in [0.29, 0.717) is 0 Å². The second-order valence-electron chi connectivity index (χ2n) is 2.61. The van der Waals surface area contributed by atoms with Gasteiger partial charge in [0, 0.05) is 11.9 Å². The molecule has 0 aromatic heterocycles. The number of nitrogens with zero attached hydrogens (tertiary/aromatic N) is 1. The molecule has 2 N–H and O–H groups in total. The average molecular weight is 194 g/mol. The predicted molar refractivity (Wildman–Crippen MR) is 44.4 cm³/mol. The van der Waals surface area contributed by atoms with Gasteiger partial charge in [0.05, 0.1) is 0 Å². The number of hydroxylamine groups is 1. The van der Waals surface area contributed by atoms with E-state index in [0.717, 1.165) is 0 Å². The molecule has 6 nitrogen and oxygen atoms in total. The molecule has 1 amide bonds. The first-order valence-electron chi connectivity index (χ1n) is 3.78. The van der Waals surface area contributed by atoms with Crippen molar-refractivity contribution < 1.29 is 14.8 Å². The van der Waals surface area contributed by atoms with E-state index in [9.17, 15) is 15.1 Å². The number of nitrogens with one attached hydrogen (secondary N) is 2. The summed E-state index contributed by atoms with van der Waals surface area (Å²) in [6, 6.07) is 0. The van der Waals surface area contributed by atoms with Gasteiger partial charge in [-0.2, -0.15) is 0 Å². The minimum absolute atomic E-state index is 0.0330. The van der Waals surface area contributed by atoms with Crippen LogP contribution in [0.15, 0.2) is 35.4 Å². The SMILES string of the molecule is CC([O-])=C1NC=CC=C1C(=O)[N+](=N)[O-]. The van der Waals surface area contributed by atoms with Crippen molar-refractivity contribution in [3.05, 3.63) is 40.6 Å². The molecule has 6 heteroatoms. The van der Waals surface area contributed by atoms with Crippen LogP contribution in [-0.4, -0.2) is 10.8 Å². The molecular formula is C8H8N3O3-. The molecule has 0 aliphatic carbocycles. The molecule has 0 saturated carbocycles. The maximum atomic E-state index is 11.1. The van der Waals surface area contributed by atoms with E-state index < -0.39 is 10.8 Å². The third-order valence-corrected chi connectivity index (χ3v) is 1.62. The molecule has 14 heavy (non-hydrogen) atoms. The number of carbonyl (C=O) groups excluding carboxylic acids is 1. The minimum Gasteiger partial charge on any atom is -0.874 e. The third-order valence-electron chi connectivity index (χ3n) is 1.62. The van der Waals surface area contributed by atoms with E-state index >= 15 is 0 Å². The molecule has 0 radical (unpaired) electrons. The fourth-order valence-corrected chi connectivity index (χ4v) is 1.02. The summed E-state index contributed by atoms with van der Waals surface area (Å²) in [4.78, 5) is 10.6. The first-order chi connectivity index (χ1) is 6.54. The molecule has 0 atom stereocenters. The second kappa shape index (κ2) is 3.73. The van der Waals surface area contributed by atoms with E-state index in [1.54, 1.807) is 0 Å². The zero-order chi connectivity index (χ0) is 10.7. The Morgan fingerprint density at radius 1 is 1.64 bits per heavy atom. The average Bonchev–Trinajstić information content (AvgIpc) is 2.16. The minimum atomic E-state index is -1.06. The molecule has 0 aromatic rings. The van der Waals surface area contributed by atoms with Gasteiger partial charge in [0.2, 0.25) is 0 Å². The van der Waals surface area contributed by atoms with Crippen LogP contribution in [0.5, 0.6) is 0 Å². The van der Waals surface area contributed by atoms with Crippen LogP contribution in [0.2, 0.25) is 0 Å². The maximum absolute atomic E-state index is 11.1. The van der Waals surface area contributed by atoms with Gasteiger partial charge in [-0.05, 0) is 22.5 Å². The number of hydrogen-bond donors (Lipinski definition) is 2. The van der Waals surface area contributed by atoms with Gasteiger partial charge < -0.3 is 15.6 Å². The standard InChI is InChI=1S/C8H9N3O3/c1-5(12)7-6(3-2-4-10-7)8(13)11(9)14/h2-4,9-10,12H,1H3/p-1. The lowest BCUT2D eigenvalue weighted by Crippen LogP contribution is -2.25. The molecule has 0 bridgehead atoms. The van der Waals surface area contributed by atoms with Crippen LogP contribution in [0.4, 0.5) is 0 Å².